The average molecular weight is 250 g/mol. The molecule has 16 heavy (non-hydrogen) atoms. The monoisotopic (exact) mass is 249 g/mol. The molecule has 0 aliphatic rings. The third-order valence-electron chi connectivity index (χ3n) is 2.49. The molecule has 0 radical (unpaired) electrons. The van der Waals surface area contributed by atoms with Crippen LogP contribution in [0.4, 0.5) is 8.78 Å². The highest BCUT2D eigenvalue weighted by Gasteiger charge is 2.08. The zero-order valence-electron chi connectivity index (χ0n) is 9.33. The van der Waals surface area contributed by atoms with Gasteiger partial charge in [-0.05, 0) is 12.0 Å². The van der Waals surface area contributed by atoms with Crippen molar-refractivity contribution in [2.45, 2.75) is 38.7 Å². The lowest BCUT2D eigenvalue weighted by Crippen LogP contribution is -2.09. The first-order chi connectivity index (χ1) is 7.15. The summed E-state index contributed by atoms with van der Waals surface area (Å²) < 4.78 is 24.5. The molecule has 0 bridgehead atoms. The van der Waals surface area contributed by atoms with Crippen LogP contribution in [0.1, 0.15) is 49.8 Å². The summed E-state index contributed by atoms with van der Waals surface area (Å²) in [5, 5.41) is 0. The summed E-state index contributed by atoms with van der Waals surface area (Å²) in [6.07, 6.45) is 0.677. The Bertz CT molecular complexity index is 288. The van der Waals surface area contributed by atoms with E-state index in [2.05, 4.69) is 6.92 Å². The van der Waals surface area contributed by atoms with E-state index in [-0.39, 0.29) is 24.0 Å². The SMILES string of the molecule is CCCC[C@H](N)c1ccc(C(F)F)cc1.Cl. The average Bonchev–Trinajstić information content (AvgIpc) is 2.26. The van der Waals surface area contributed by atoms with Gasteiger partial charge in [0.1, 0.15) is 0 Å². The van der Waals surface area contributed by atoms with Crippen molar-refractivity contribution in [1.82, 2.24) is 0 Å². The van der Waals surface area contributed by atoms with Gasteiger partial charge in [0.15, 0.2) is 0 Å². The van der Waals surface area contributed by atoms with Crippen LogP contribution in [0.2, 0.25) is 0 Å². The van der Waals surface area contributed by atoms with E-state index >= 15 is 0 Å². The van der Waals surface area contributed by atoms with Gasteiger partial charge >= 0.3 is 0 Å². The molecule has 1 atom stereocenters. The van der Waals surface area contributed by atoms with Gasteiger partial charge in [-0.1, -0.05) is 44.0 Å². The molecule has 0 aromatic heterocycles. The molecule has 0 aliphatic carbocycles. The van der Waals surface area contributed by atoms with Crippen molar-refractivity contribution in [3.63, 3.8) is 0 Å². The Hall–Kier alpha value is -0.670. The largest absolute Gasteiger partial charge is 0.324 e. The van der Waals surface area contributed by atoms with Crippen molar-refractivity contribution in [3.8, 4) is 0 Å². The third-order valence-corrected chi connectivity index (χ3v) is 2.49. The topological polar surface area (TPSA) is 26.0 Å². The lowest BCUT2D eigenvalue weighted by atomic mass is 10.0. The maximum Gasteiger partial charge on any atom is 0.263 e. The summed E-state index contributed by atoms with van der Waals surface area (Å²) in [5.41, 5.74) is 6.91. The molecule has 1 aromatic carbocycles. The first-order valence-corrected chi connectivity index (χ1v) is 5.28. The van der Waals surface area contributed by atoms with E-state index in [1.54, 1.807) is 12.1 Å². The number of hydrogen-bond acceptors (Lipinski definition) is 1. The molecule has 2 N–H and O–H groups in total. The zero-order valence-corrected chi connectivity index (χ0v) is 10.1. The molecule has 1 aromatic rings. The van der Waals surface area contributed by atoms with Crippen LogP contribution in [0.5, 0.6) is 0 Å². The van der Waals surface area contributed by atoms with Crippen molar-refractivity contribution in [3.05, 3.63) is 35.4 Å². The summed E-state index contributed by atoms with van der Waals surface area (Å²) in [4.78, 5) is 0. The highest BCUT2D eigenvalue weighted by Crippen LogP contribution is 2.22. The molecule has 92 valence electrons. The van der Waals surface area contributed by atoms with E-state index in [9.17, 15) is 8.78 Å². The summed E-state index contributed by atoms with van der Waals surface area (Å²) >= 11 is 0. The maximum atomic E-state index is 12.3. The normalized spacial score (nSPS) is 12.3. The molecular weight excluding hydrogens is 232 g/mol. The van der Waals surface area contributed by atoms with Gasteiger partial charge in [-0.3, -0.25) is 0 Å². The van der Waals surface area contributed by atoms with Crippen LogP contribution < -0.4 is 5.73 Å². The number of benzene rings is 1. The fourth-order valence-corrected chi connectivity index (χ4v) is 1.48. The Morgan fingerprint density at radius 3 is 2.06 bits per heavy atom. The molecule has 0 amide bonds. The number of halogens is 3. The highest BCUT2D eigenvalue weighted by molar-refractivity contribution is 5.85. The lowest BCUT2D eigenvalue weighted by molar-refractivity contribution is 0.151. The van der Waals surface area contributed by atoms with Gasteiger partial charge in [0, 0.05) is 11.6 Å². The fraction of sp³-hybridized carbons (Fsp3) is 0.500. The van der Waals surface area contributed by atoms with E-state index in [1.165, 1.54) is 12.1 Å². The summed E-state index contributed by atoms with van der Waals surface area (Å²) in [6, 6.07) is 6.26. The predicted molar refractivity (Wildman–Crippen MR) is 65.1 cm³/mol. The van der Waals surface area contributed by atoms with Gasteiger partial charge in [0.05, 0.1) is 0 Å². The molecule has 0 unspecified atom stereocenters. The number of unbranched alkanes of at least 4 members (excludes halogenated alkanes) is 1. The van der Waals surface area contributed by atoms with Crippen LogP contribution in [-0.4, -0.2) is 0 Å². The summed E-state index contributed by atoms with van der Waals surface area (Å²) in [7, 11) is 0. The van der Waals surface area contributed by atoms with Crippen LogP contribution in [0.25, 0.3) is 0 Å². The standard InChI is InChI=1S/C12H17F2N.ClH/c1-2-3-4-11(15)9-5-7-10(8-6-9)12(13)14;/h5-8,11-12H,2-4,15H2,1H3;1H/t11-;/m0./s1. The minimum Gasteiger partial charge on any atom is -0.324 e. The second-order valence-electron chi connectivity index (χ2n) is 3.72. The van der Waals surface area contributed by atoms with Gasteiger partial charge in [0.25, 0.3) is 6.43 Å². The quantitative estimate of drug-likeness (QED) is 0.830. The Labute approximate surface area is 101 Å². The van der Waals surface area contributed by atoms with E-state index < -0.39 is 6.43 Å². The van der Waals surface area contributed by atoms with Gasteiger partial charge in [0.2, 0.25) is 0 Å². The number of hydrogen-bond donors (Lipinski definition) is 1. The molecule has 4 heteroatoms. The smallest absolute Gasteiger partial charge is 0.263 e. The Balaban J connectivity index is 0.00000225. The Morgan fingerprint density at radius 2 is 1.62 bits per heavy atom. The van der Waals surface area contributed by atoms with E-state index in [4.69, 9.17) is 5.73 Å². The molecule has 1 rings (SSSR count). The molecular formula is C12H18ClF2N. The number of rotatable bonds is 5. The van der Waals surface area contributed by atoms with Crippen LogP contribution in [0.3, 0.4) is 0 Å². The van der Waals surface area contributed by atoms with Gasteiger partial charge < -0.3 is 5.73 Å². The second-order valence-corrected chi connectivity index (χ2v) is 3.72. The maximum absolute atomic E-state index is 12.3. The molecule has 0 saturated carbocycles. The number of alkyl halides is 2. The van der Waals surface area contributed by atoms with Crippen molar-refractivity contribution in [1.29, 1.82) is 0 Å². The fourth-order valence-electron chi connectivity index (χ4n) is 1.48. The summed E-state index contributed by atoms with van der Waals surface area (Å²) in [6.45, 7) is 2.10. The second kappa shape index (κ2) is 7.58. The Morgan fingerprint density at radius 1 is 1.12 bits per heavy atom. The molecule has 0 spiro atoms. The third kappa shape index (κ3) is 4.45. The molecule has 0 heterocycles. The first-order valence-electron chi connectivity index (χ1n) is 5.28. The van der Waals surface area contributed by atoms with Crippen LogP contribution in [0, 0.1) is 0 Å². The minimum absolute atomic E-state index is 0. The van der Waals surface area contributed by atoms with E-state index in [0.717, 1.165) is 24.8 Å². The molecule has 0 saturated heterocycles. The number of nitrogens with two attached hydrogens (primary N) is 1. The van der Waals surface area contributed by atoms with Gasteiger partial charge in [-0.15, -0.1) is 12.4 Å². The zero-order chi connectivity index (χ0) is 11.3. The van der Waals surface area contributed by atoms with Gasteiger partial charge in [-0.2, -0.15) is 0 Å². The first kappa shape index (κ1) is 15.3. The minimum atomic E-state index is -2.40. The van der Waals surface area contributed by atoms with Crippen LogP contribution in [-0.2, 0) is 0 Å². The van der Waals surface area contributed by atoms with Crippen molar-refractivity contribution in [2.75, 3.05) is 0 Å². The van der Waals surface area contributed by atoms with E-state index in [0.29, 0.717) is 0 Å². The molecule has 0 fully saturated rings. The highest BCUT2D eigenvalue weighted by atomic mass is 35.5. The lowest BCUT2D eigenvalue weighted by Gasteiger charge is -2.11. The van der Waals surface area contributed by atoms with Crippen molar-refractivity contribution >= 4 is 12.4 Å². The molecule has 1 nitrogen and oxygen atoms in total. The van der Waals surface area contributed by atoms with Gasteiger partial charge in [-0.25, -0.2) is 8.78 Å². The summed E-state index contributed by atoms with van der Waals surface area (Å²) in [5.74, 6) is 0. The van der Waals surface area contributed by atoms with E-state index in [1.807, 2.05) is 0 Å². The van der Waals surface area contributed by atoms with Crippen LogP contribution in [0.15, 0.2) is 24.3 Å². The molecule has 0 aliphatic heterocycles. The van der Waals surface area contributed by atoms with Crippen LogP contribution >= 0.6 is 12.4 Å². The van der Waals surface area contributed by atoms with Crippen molar-refractivity contribution in [2.24, 2.45) is 5.73 Å². The predicted octanol–water partition coefficient (Wildman–Crippen LogP) is 4.24. The Kier molecular flexibility index (Phi) is 7.26. The van der Waals surface area contributed by atoms with Crippen molar-refractivity contribution < 1.29 is 8.78 Å².